The van der Waals surface area contributed by atoms with Crippen LogP contribution in [0.3, 0.4) is 0 Å². The number of hydrogen-bond acceptors (Lipinski definition) is 4. The Kier molecular flexibility index (Phi) is 7.15. The number of methoxy groups -OCH3 is 1. The lowest BCUT2D eigenvalue weighted by molar-refractivity contribution is 0.0780. The first-order chi connectivity index (χ1) is 13.2. The highest BCUT2D eigenvalue weighted by molar-refractivity contribution is 7.89. The summed E-state index contributed by atoms with van der Waals surface area (Å²) in [6.45, 7) is 4.27. The number of amides is 1. The van der Waals surface area contributed by atoms with Crippen molar-refractivity contribution < 1.29 is 22.3 Å². The average Bonchev–Trinajstić information content (AvgIpc) is 2.69. The van der Waals surface area contributed by atoms with Gasteiger partial charge in [0.1, 0.15) is 11.6 Å². The zero-order chi connectivity index (χ0) is 20.9. The third-order valence-electron chi connectivity index (χ3n) is 4.44. The Labute approximate surface area is 165 Å². The van der Waals surface area contributed by atoms with Gasteiger partial charge in [-0.25, -0.2) is 12.8 Å². The molecule has 0 spiro atoms. The van der Waals surface area contributed by atoms with Gasteiger partial charge in [0.05, 0.1) is 17.6 Å². The molecule has 28 heavy (non-hydrogen) atoms. The van der Waals surface area contributed by atoms with Gasteiger partial charge in [0.15, 0.2) is 0 Å². The third-order valence-corrected chi connectivity index (χ3v) is 6.48. The Morgan fingerprint density at radius 3 is 2.21 bits per heavy atom. The van der Waals surface area contributed by atoms with E-state index in [2.05, 4.69) is 0 Å². The number of benzene rings is 2. The molecule has 0 unspecified atom stereocenters. The molecule has 0 fully saturated rings. The summed E-state index contributed by atoms with van der Waals surface area (Å²) in [5, 5.41) is 0. The molecule has 0 aromatic heterocycles. The zero-order valence-electron chi connectivity index (χ0n) is 16.5. The van der Waals surface area contributed by atoms with Crippen molar-refractivity contribution in [1.82, 2.24) is 9.21 Å². The molecule has 0 aliphatic heterocycles. The number of sulfonamides is 1. The van der Waals surface area contributed by atoms with Gasteiger partial charge in [-0.2, -0.15) is 4.31 Å². The minimum absolute atomic E-state index is 0.0983. The molecule has 0 aliphatic rings. The number of rotatable bonds is 8. The number of hydrogen-bond donors (Lipinski definition) is 0. The van der Waals surface area contributed by atoms with Gasteiger partial charge in [0.2, 0.25) is 10.0 Å². The predicted octanol–water partition coefficient (Wildman–Crippen LogP) is 3.14. The van der Waals surface area contributed by atoms with Crippen LogP contribution >= 0.6 is 0 Å². The van der Waals surface area contributed by atoms with E-state index >= 15 is 0 Å². The van der Waals surface area contributed by atoms with E-state index in [0.717, 1.165) is 17.7 Å². The van der Waals surface area contributed by atoms with Gasteiger partial charge >= 0.3 is 0 Å². The van der Waals surface area contributed by atoms with E-state index in [1.54, 1.807) is 45.2 Å². The molecule has 0 N–H and O–H groups in total. The molecule has 0 radical (unpaired) electrons. The van der Waals surface area contributed by atoms with Gasteiger partial charge < -0.3 is 9.64 Å². The smallest absolute Gasteiger partial charge is 0.256 e. The molecule has 0 saturated carbocycles. The van der Waals surface area contributed by atoms with Gasteiger partial charge in [-0.3, -0.25) is 4.79 Å². The lowest BCUT2D eigenvalue weighted by atomic mass is 10.1. The summed E-state index contributed by atoms with van der Waals surface area (Å²) < 4.78 is 46.0. The molecule has 0 bridgehead atoms. The topological polar surface area (TPSA) is 66.9 Å². The molecule has 0 saturated heterocycles. The van der Waals surface area contributed by atoms with Gasteiger partial charge in [-0.1, -0.05) is 26.0 Å². The van der Waals surface area contributed by atoms with Gasteiger partial charge in [-0.05, 0) is 35.9 Å². The van der Waals surface area contributed by atoms with Crippen LogP contribution in [0.5, 0.6) is 5.75 Å². The highest BCUT2D eigenvalue weighted by Gasteiger charge is 2.25. The van der Waals surface area contributed by atoms with E-state index in [9.17, 15) is 17.6 Å². The second kappa shape index (κ2) is 9.16. The second-order valence-electron chi connectivity index (χ2n) is 6.24. The van der Waals surface area contributed by atoms with Crippen LogP contribution in [-0.2, 0) is 16.6 Å². The first kappa shape index (κ1) is 21.8. The second-order valence-corrected chi connectivity index (χ2v) is 8.18. The highest BCUT2D eigenvalue weighted by atomic mass is 32.2. The van der Waals surface area contributed by atoms with E-state index in [-0.39, 0.29) is 30.1 Å². The summed E-state index contributed by atoms with van der Waals surface area (Å²) in [4.78, 5) is 14.0. The van der Waals surface area contributed by atoms with Crippen LogP contribution in [0.15, 0.2) is 47.4 Å². The summed E-state index contributed by atoms with van der Waals surface area (Å²) in [7, 11) is -0.683. The zero-order valence-corrected chi connectivity index (χ0v) is 17.3. The molecule has 2 aromatic carbocycles. The van der Waals surface area contributed by atoms with Gasteiger partial charge in [0.25, 0.3) is 5.91 Å². The number of ether oxygens (including phenoxy) is 1. The van der Waals surface area contributed by atoms with Crippen molar-refractivity contribution in [3.05, 3.63) is 59.4 Å². The van der Waals surface area contributed by atoms with E-state index in [1.165, 1.54) is 22.3 Å². The fourth-order valence-corrected chi connectivity index (χ4v) is 4.31. The number of nitrogens with zero attached hydrogens (tertiary/aromatic N) is 2. The Hall–Kier alpha value is -2.45. The van der Waals surface area contributed by atoms with Gasteiger partial charge in [-0.15, -0.1) is 0 Å². The lowest BCUT2D eigenvalue weighted by Crippen LogP contribution is -2.31. The minimum Gasteiger partial charge on any atom is -0.497 e. The molecule has 0 aliphatic carbocycles. The van der Waals surface area contributed by atoms with E-state index in [1.807, 2.05) is 0 Å². The van der Waals surface area contributed by atoms with E-state index < -0.39 is 21.7 Å². The summed E-state index contributed by atoms with van der Waals surface area (Å²) in [5.74, 6) is -0.659. The first-order valence-corrected chi connectivity index (χ1v) is 10.4. The van der Waals surface area contributed by atoms with Gasteiger partial charge in [0, 0.05) is 26.7 Å². The quantitative estimate of drug-likeness (QED) is 0.673. The molecule has 1 amide bonds. The monoisotopic (exact) mass is 408 g/mol. The molecule has 152 valence electrons. The van der Waals surface area contributed by atoms with Crippen molar-refractivity contribution in [1.29, 1.82) is 0 Å². The van der Waals surface area contributed by atoms with Crippen LogP contribution in [0.4, 0.5) is 4.39 Å². The molecule has 2 aromatic rings. The van der Waals surface area contributed by atoms with Crippen molar-refractivity contribution in [2.75, 3.05) is 27.2 Å². The maximum absolute atomic E-state index is 14.3. The fraction of sp³-hybridized carbons (Fsp3) is 0.350. The normalized spacial score (nSPS) is 11.5. The standard InChI is InChI=1S/C20H25FN2O4S/c1-5-23(6-2)28(25,26)17-11-12-19(21)18(13-17)20(24)22(3)14-15-7-9-16(27-4)10-8-15/h7-13H,5-6,14H2,1-4H3. The number of carbonyl (C=O) groups excluding carboxylic acids is 1. The van der Waals surface area contributed by atoms with Crippen LogP contribution in [0.25, 0.3) is 0 Å². The Bertz CT molecular complexity index is 926. The van der Waals surface area contributed by atoms with Crippen LogP contribution in [-0.4, -0.2) is 50.8 Å². The third kappa shape index (κ3) is 4.69. The summed E-state index contributed by atoms with van der Waals surface area (Å²) in [6, 6.07) is 10.5. The van der Waals surface area contributed by atoms with Crippen molar-refractivity contribution in [3.8, 4) is 5.75 Å². The first-order valence-electron chi connectivity index (χ1n) is 8.92. The molecule has 0 atom stereocenters. The summed E-state index contributed by atoms with van der Waals surface area (Å²) >= 11 is 0. The predicted molar refractivity (Wildman–Crippen MR) is 105 cm³/mol. The van der Waals surface area contributed by atoms with Crippen LogP contribution in [0.2, 0.25) is 0 Å². The maximum atomic E-state index is 14.3. The van der Waals surface area contributed by atoms with Crippen LogP contribution in [0, 0.1) is 5.82 Å². The van der Waals surface area contributed by atoms with Crippen molar-refractivity contribution in [2.45, 2.75) is 25.3 Å². The summed E-state index contributed by atoms with van der Waals surface area (Å²) in [5.41, 5.74) is 0.563. The molecular formula is C20H25FN2O4S. The number of carbonyl (C=O) groups is 1. The maximum Gasteiger partial charge on any atom is 0.256 e. The molecule has 2 rings (SSSR count). The van der Waals surface area contributed by atoms with Crippen molar-refractivity contribution in [2.24, 2.45) is 0 Å². The fourth-order valence-electron chi connectivity index (χ4n) is 2.82. The molecule has 8 heteroatoms. The molecule has 6 nitrogen and oxygen atoms in total. The van der Waals surface area contributed by atoms with Crippen LogP contribution in [0.1, 0.15) is 29.8 Å². The Morgan fingerprint density at radius 2 is 1.68 bits per heavy atom. The minimum atomic E-state index is -3.78. The largest absolute Gasteiger partial charge is 0.497 e. The average molecular weight is 408 g/mol. The Morgan fingerprint density at radius 1 is 1.07 bits per heavy atom. The van der Waals surface area contributed by atoms with Crippen molar-refractivity contribution >= 4 is 15.9 Å². The lowest BCUT2D eigenvalue weighted by Gasteiger charge is -2.20. The summed E-state index contributed by atoms with van der Waals surface area (Å²) in [6.07, 6.45) is 0. The Balaban J connectivity index is 2.29. The van der Waals surface area contributed by atoms with E-state index in [4.69, 9.17) is 4.74 Å². The van der Waals surface area contributed by atoms with E-state index in [0.29, 0.717) is 5.75 Å². The molecule has 0 heterocycles. The van der Waals surface area contributed by atoms with Crippen molar-refractivity contribution in [3.63, 3.8) is 0 Å². The highest BCUT2D eigenvalue weighted by Crippen LogP contribution is 2.21. The van der Waals surface area contributed by atoms with Crippen LogP contribution < -0.4 is 4.74 Å². The number of halogens is 1. The molecular weight excluding hydrogens is 383 g/mol. The SMILES string of the molecule is CCN(CC)S(=O)(=O)c1ccc(F)c(C(=O)N(C)Cc2ccc(OC)cc2)c1.